The Bertz CT molecular complexity index is 168. The van der Waals surface area contributed by atoms with Crippen LogP contribution in [0.2, 0.25) is 0 Å². The summed E-state index contributed by atoms with van der Waals surface area (Å²) < 4.78 is 4.49. The van der Waals surface area contributed by atoms with Gasteiger partial charge in [0.1, 0.15) is 6.29 Å². The standard InChI is InChI=1S/C8H13NO3/c1-3-5-9(6-4-7-10)8(11)12-2/h3,7H,1,4-6H2,2H3. The fourth-order valence-corrected chi connectivity index (χ4v) is 0.751. The lowest BCUT2D eigenvalue weighted by atomic mass is 10.4. The molecule has 0 atom stereocenters. The second-order valence-corrected chi connectivity index (χ2v) is 2.16. The average molecular weight is 171 g/mol. The Kier molecular flexibility index (Phi) is 5.69. The molecule has 0 aromatic carbocycles. The lowest BCUT2D eigenvalue weighted by molar-refractivity contribution is -0.108. The van der Waals surface area contributed by atoms with Crippen LogP contribution in [-0.2, 0) is 9.53 Å². The molecule has 12 heavy (non-hydrogen) atoms. The zero-order valence-electron chi connectivity index (χ0n) is 7.16. The van der Waals surface area contributed by atoms with Gasteiger partial charge in [0.05, 0.1) is 7.11 Å². The SMILES string of the molecule is C=CCN(CCC=O)C(=O)OC. The van der Waals surface area contributed by atoms with E-state index in [4.69, 9.17) is 0 Å². The second-order valence-electron chi connectivity index (χ2n) is 2.16. The molecule has 0 rings (SSSR count). The van der Waals surface area contributed by atoms with Crippen molar-refractivity contribution in [3.05, 3.63) is 12.7 Å². The molecule has 0 saturated carbocycles. The lowest BCUT2D eigenvalue weighted by Crippen LogP contribution is -2.32. The minimum atomic E-state index is -0.434. The Labute approximate surface area is 71.8 Å². The predicted octanol–water partition coefficient (Wildman–Crippen LogP) is 0.830. The van der Waals surface area contributed by atoms with E-state index in [9.17, 15) is 9.59 Å². The van der Waals surface area contributed by atoms with Crippen LogP contribution >= 0.6 is 0 Å². The number of rotatable bonds is 5. The molecule has 0 radical (unpaired) electrons. The Morgan fingerprint density at radius 3 is 2.75 bits per heavy atom. The van der Waals surface area contributed by atoms with Gasteiger partial charge in [-0.05, 0) is 0 Å². The van der Waals surface area contributed by atoms with E-state index in [1.807, 2.05) is 0 Å². The van der Waals surface area contributed by atoms with E-state index in [-0.39, 0.29) is 0 Å². The average Bonchev–Trinajstić information content (AvgIpc) is 2.11. The van der Waals surface area contributed by atoms with Gasteiger partial charge in [0, 0.05) is 19.5 Å². The highest BCUT2D eigenvalue weighted by Crippen LogP contribution is 1.94. The maximum absolute atomic E-state index is 10.9. The van der Waals surface area contributed by atoms with Crippen molar-refractivity contribution in [2.75, 3.05) is 20.2 Å². The van der Waals surface area contributed by atoms with Crippen LogP contribution in [-0.4, -0.2) is 37.5 Å². The molecule has 0 aliphatic heterocycles. The first-order valence-electron chi connectivity index (χ1n) is 3.63. The molecule has 0 spiro atoms. The van der Waals surface area contributed by atoms with E-state index in [1.165, 1.54) is 12.0 Å². The van der Waals surface area contributed by atoms with Crippen LogP contribution < -0.4 is 0 Å². The quantitative estimate of drug-likeness (QED) is 0.454. The van der Waals surface area contributed by atoms with Crippen molar-refractivity contribution >= 4 is 12.4 Å². The van der Waals surface area contributed by atoms with Crippen LogP contribution in [0.25, 0.3) is 0 Å². The molecular weight excluding hydrogens is 158 g/mol. The second kappa shape index (κ2) is 6.39. The van der Waals surface area contributed by atoms with Crippen molar-refractivity contribution in [1.29, 1.82) is 0 Å². The molecule has 0 bridgehead atoms. The van der Waals surface area contributed by atoms with Gasteiger partial charge >= 0.3 is 6.09 Å². The Balaban J connectivity index is 3.92. The normalized spacial score (nSPS) is 8.75. The van der Waals surface area contributed by atoms with Gasteiger partial charge in [-0.15, -0.1) is 6.58 Å². The molecule has 68 valence electrons. The fourth-order valence-electron chi connectivity index (χ4n) is 0.751. The number of aldehydes is 1. The van der Waals surface area contributed by atoms with Crippen molar-refractivity contribution in [2.45, 2.75) is 6.42 Å². The highest BCUT2D eigenvalue weighted by molar-refractivity contribution is 5.68. The number of methoxy groups -OCH3 is 1. The van der Waals surface area contributed by atoms with Gasteiger partial charge < -0.3 is 14.4 Å². The van der Waals surface area contributed by atoms with Gasteiger partial charge in [0.2, 0.25) is 0 Å². The number of carbonyl (C=O) groups is 2. The molecule has 0 saturated heterocycles. The molecule has 4 heteroatoms. The summed E-state index contributed by atoms with van der Waals surface area (Å²) in [7, 11) is 1.30. The number of ether oxygens (including phenoxy) is 1. The summed E-state index contributed by atoms with van der Waals surface area (Å²) in [5, 5.41) is 0. The van der Waals surface area contributed by atoms with Crippen molar-refractivity contribution in [3.63, 3.8) is 0 Å². The summed E-state index contributed by atoms with van der Waals surface area (Å²) in [6.07, 6.45) is 2.24. The first kappa shape index (κ1) is 10.7. The Morgan fingerprint density at radius 2 is 2.33 bits per heavy atom. The van der Waals surface area contributed by atoms with E-state index < -0.39 is 6.09 Å². The van der Waals surface area contributed by atoms with Crippen LogP contribution in [0.3, 0.4) is 0 Å². The van der Waals surface area contributed by atoms with Crippen molar-refractivity contribution in [3.8, 4) is 0 Å². The lowest BCUT2D eigenvalue weighted by Gasteiger charge is -2.17. The maximum atomic E-state index is 10.9. The molecular formula is C8H13NO3. The molecule has 1 amide bonds. The number of hydrogen-bond acceptors (Lipinski definition) is 3. The highest BCUT2D eigenvalue weighted by atomic mass is 16.5. The van der Waals surface area contributed by atoms with Gasteiger partial charge in [0.15, 0.2) is 0 Å². The van der Waals surface area contributed by atoms with Crippen LogP contribution in [0, 0.1) is 0 Å². The summed E-state index contributed by atoms with van der Waals surface area (Å²) in [5.74, 6) is 0. The van der Waals surface area contributed by atoms with E-state index in [1.54, 1.807) is 6.08 Å². The summed E-state index contributed by atoms with van der Waals surface area (Å²) in [6, 6.07) is 0. The fraction of sp³-hybridized carbons (Fsp3) is 0.500. The third kappa shape index (κ3) is 3.75. The zero-order chi connectivity index (χ0) is 9.40. The minimum absolute atomic E-state index is 0.322. The van der Waals surface area contributed by atoms with Crippen LogP contribution in [0.1, 0.15) is 6.42 Å². The minimum Gasteiger partial charge on any atom is -0.453 e. The molecule has 0 aliphatic rings. The highest BCUT2D eigenvalue weighted by Gasteiger charge is 2.10. The van der Waals surface area contributed by atoms with Gasteiger partial charge in [-0.2, -0.15) is 0 Å². The van der Waals surface area contributed by atoms with Crippen molar-refractivity contribution in [2.24, 2.45) is 0 Å². The molecule has 0 N–H and O–H groups in total. The molecule has 0 aliphatic carbocycles. The molecule has 0 aromatic heterocycles. The van der Waals surface area contributed by atoms with Crippen molar-refractivity contribution in [1.82, 2.24) is 4.90 Å². The molecule has 4 nitrogen and oxygen atoms in total. The van der Waals surface area contributed by atoms with Gasteiger partial charge in [-0.25, -0.2) is 4.79 Å². The zero-order valence-corrected chi connectivity index (χ0v) is 7.16. The Morgan fingerprint density at radius 1 is 1.67 bits per heavy atom. The van der Waals surface area contributed by atoms with Crippen LogP contribution in [0.4, 0.5) is 4.79 Å². The van der Waals surface area contributed by atoms with E-state index in [0.29, 0.717) is 19.5 Å². The molecule has 0 fully saturated rings. The molecule has 0 aromatic rings. The number of amides is 1. The van der Waals surface area contributed by atoms with Crippen molar-refractivity contribution < 1.29 is 14.3 Å². The van der Waals surface area contributed by atoms with Gasteiger partial charge in [-0.3, -0.25) is 0 Å². The summed E-state index contributed by atoms with van der Waals surface area (Å²) in [4.78, 5) is 22.4. The Hall–Kier alpha value is -1.32. The third-order valence-corrected chi connectivity index (χ3v) is 1.30. The number of carbonyl (C=O) groups excluding carboxylic acids is 2. The van der Waals surface area contributed by atoms with Gasteiger partial charge in [-0.1, -0.05) is 6.08 Å². The van der Waals surface area contributed by atoms with Gasteiger partial charge in [0.25, 0.3) is 0 Å². The first-order chi connectivity index (χ1) is 5.76. The first-order valence-corrected chi connectivity index (χ1v) is 3.63. The topological polar surface area (TPSA) is 46.6 Å². The smallest absolute Gasteiger partial charge is 0.409 e. The van der Waals surface area contributed by atoms with E-state index in [2.05, 4.69) is 11.3 Å². The van der Waals surface area contributed by atoms with Crippen LogP contribution in [0.15, 0.2) is 12.7 Å². The molecule has 0 unspecified atom stereocenters. The summed E-state index contributed by atoms with van der Waals surface area (Å²) >= 11 is 0. The summed E-state index contributed by atoms with van der Waals surface area (Å²) in [5.41, 5.74) is 0. The number of hydrogen-bond donors (Lipinski definition) is 0. The van der Waals surface area contributed by atoms with E-state index >= 15 is 0 Å². The monoisotopic (exact) mass is 171 g/mol. The largest absolute Gasteiger partial charge is 0.453 e. The maximum Gasteiger partial charge on any atom is 0.409 e. The third-order valence-electron chi connectivity index (χ3n) is 1.30. The molecule has 0 heterocycles. The predicted molar refractivity (Wildman–Crippen MR) is 44.9 cm³/mol. The summed E-state index contributed by atoms with van der Waals surface area (Å²) in [6.45, 7) is 4.27. The van der Waals surface area contributed by atoms with E-state index in [0.717, 1.165) is 6.29 Å². The number of nitrogens with zero attached hydrogens (tertiary/aromatic N) is 1. The van der Waals surface area contributed by atoms with Crippen LogP contribution in [0.5, 0.6) is 0 Å².